The number of aromatic carboxylic acids is 1. The summed E-state index contributed by atoms with van der Waals surface area (Å²) in [4.78, 5) is 25.6. The molecule has 0 aliphatic rings. The molecule has 2 heterocycles. The summed E-state index contributed by atoms with van der Waals surface area (Å²) in [6.45, 7) is 3.23. The van der Waals surface area contributed by atoms with Crippen LogP contribution in [-0.2, 0) is 0 Å². The third-order valence-electron chi connectivity index (χ3n) is 2.46. The molecule has 0 unspecified atom stereocenters. The van der Waals surface area contributed by atoms with E-state index in [4.69, 9.17) is 5.11 Å². The molecule has 2 aromatic heterocycles. The number of carboxylic acids is 1. The van der Waals surface area contributed by atoms with Crippen LogP contribution in [0.1, 0.15) is 32.1 Å². The quantitative estimate of drug-likeness (QED) is 0.778. The Hall–Kier alpha value is -2.22. The minimum atomic E-state index is -1.09. The van der Waals surface area contributed by atoms with Gasteiger partial charge in [0.1, 0.15) is 11.2 Å². The molecule has 0 fully saturated rings. The van der Waals surface area contributed by atoms with Gasteiger partial charge in [0.15, 0.2) is 0 Å². The Morgan fingerprint density at radius 2 is 2.17 bits per heavy atom. The summed E-state index contributed by atoms with van der Waals surface area (Å²) in [6.07, 6.45) is 0. The lowest BCUT2D eigenvalue weighted by atomic mass is 10.1. The predicted octanol–water partition coefficient (Wildman–Crippen LogP) is 1.43. The first-order valence-electron chi connectivity index (χ1n) is 5.00. The maximum Gasteiger partial charge on any atom is 0.352 e. The molecule has 0 atom stereocenters. The standard InChI is InChI=1S/C10H10N4O3S/c1-4-6(5(2)12-7(4)9(16)17)8(15)13-10-14-11-3-18-10/h3,12H,1-2H3,(H,16,17)(H,13,14,15). The number of carbonyl (C=O) groups is 2. The van der Waals surface area contributed by atoms with Crippen LogP contribution in [0, 0.1) is 13.8 Å². The van der Waals surface area contributed by atoms with E-state index in [-0.39, 0.29) is 5.69 Å². The molecule has 0 saturated carbocycles. The average Bonchev–Trinajstić information content (AvgIpc) is 2.86. The lowest BCUT2D eigenvalue weighted by Gasteiger charge is -2.01. The van der Waals surface area contributed by atoms with Gasteiger partial charge < -0.3 is 10.1 Å². The van der Waals surface area contributed by atoms with Gasteiger partial charge in [-0.1, -0.05) is 11.3 Å². The van der Waals surface area contributed by atoms with Gasteiger partial charge in [-0.3, -0.25) is 10.1 Å². The molecule has 0 saturated heterocycles. The number of carbonyl (C=O) groups excluding carboxylic acids is 1. The number of aromatic amines is 1. The highest BCUT2D eigenvalue weighted by atomic mass is 32.1. The van der Waals surface area contributed by atoms with E-state index in [1.807, 2.05) is 0 Å². The Bertz CT molecular complexity index is 603. The molecule has 0 aromatic carbocycles. The Morgan fingerprint density at radius 1 is 1.44 bits per heavy atom. The molecular formula is C10H10N4O3S. The number of aryl methyl sites for hydroxylation is 1. The Balaban J connectivity index is 2.33. The van der Waals surface area contributed by atoms with Crippen LogP contribution in [-0.4, -0.2) is 32.2 Å². The van der Waals surface area contributed by atoms with Gasteiger partial charge in [0, 0.05) is 5.69 Å². The molecular weight excluding hydrogens is 256 g/mol. The maximum atomic E-state index is 12.0. The number of H-pyrrole nitrogens is 1. The molecule has 2 rings (SSSR count). The average molecular weight is 266 g/mol. The third-order valence-corrected chi connectivity index (χ3v) is 3.07. The van der Waals surface area contributed by atoms with Gasteiger partial charge in [0.2, 0.25) is 5.13 Å². The first-order chi connectivity index (χ1) is 8.50. The van der Waals surface area contributed by atoms with E-state index < -0.39 is 11.9 Å². The van der Waals surface area contributed by atoms with E-state index in [0.717, 1.165) is 0 Å². The van der Waals surface area contributed by atoms with Gasteiger partial charge in [-0.25, -0.2) is 4.79 Å². The van der Waals surface area contributed by atoms with E-state index in [1.54, 1.807) is 13.8 Å². The largest absolute Gasteiger partial charge is 0.477 e. The van der Waals surface area contributed by atoms with Crippen molar-refractivity contribution in [1.29, 1.82) is 0 Å². The molecule has 1 amide bonds. The zero-order chi connectivity index (χ0) is 13.3. The second-order valence-electron chi connectivity index (χ2n) is 3.63. The van der Waals surface area contributed by atoms with Gasteiger partial charge in [0.25, 0.3) is 5.91 Å². The van der Waals surface area contributed by atoms with Crippen LogP contribution in [0.5, 0.6) is 0 Å². The number of hydrogen-bond acceptors (Lipinski definition) is 5. The van der Waals surface area contributed by atoms with Gasteiger partial charge in [-0.2, -0.15) is 0 Å². The fourth-order valence-electron chi connectivity index (χ4n) is 1.69. The molecule has 0 radical (unpaired) electrons. The van der Waals surface area contributed by atoms with E-state index in [2.05, 4.69) is 20.5 Å². The van der Waals surface area contributed by atoms with Crippen molar-refractivity contribution in [3.05, 3.63) is 28.0 Å². The fourth-order valence-corrected chi connectivity index (χ4v) is 2.13. The molecule has 3 N–H and O–H groups in total. The molecule has 2 aromatic rings. The van der Waals surface area contributed by atoms with Crippen molar-refractivity contribution in [1.82, 2.24) is 15.2 Å². The summed E-state index contributed by atoms with van der Waals surface area (Å²) in [5, 5.41) is 19.2. The van der Waals surface area contributed by atoms with E-state index in [9.17, 15) is 9.59 Å². The van der Waals surface area contributed by atoms with Crippen molar-refractivity contribution >= 4 is 28.3 Å². The molecule has 18 heavy (non-hydrogen) atoms. The monoisotopic (exact) mass is 266 g/mol. The second kappa shape index (κ2) is 4.57. The number of hydrogen-bond donors (Lipinski definition) is 3. The number of nitrogens with zero attached hydrogens (tertiary/aromatic N) is 2. The van der Waals surface area contributed by atoms with Gasteiger partial charge in [-0.15, -0.1) is 10.2 Å². The summed E-state index contributed by atoms with van der Waals surface area (Å²) in [5.41, 5.74) is 2.75. The van der Waals surface area contributed by atoms with Crippen LogP contribution in [0.15, 0.2) is 5.51 Å². The summed E-state index contributed by atoms with van der Waals surface area (Å²) in [7, 11) is 0. The van der Waals surface area contributed by atoms with Crippen LogP contribution in [0.2, 0.25) is 0 Å². The van der Waals surface area contributed by atoms with Crippen LogP contribution in [0.4, 0.5) is 5.13 Å². The number of rotatable bonds is 3. The summed E-state index contributed by atoms with van der Waals surface area (Å²) < 4.78 is 0. The predicted molar refractivity (Wildman–Crippen MR) is 65.1 cm³/mol. The normalized spacial score (nSPS) is 10.3. The van der Waals surface area contributed by atoms with Crippen molar-refractivity contribution in [2.75, 3.05) is 5.32 Å². The van der Waals surface area contributed by atoms with Crippen molar-refractivity contribution in [2.45, 2.75) is 13.8 Å². The van der Waals surface area contributed by atoms with E-state index >= 15 is 0 Å². The van der Waals surface area contributed by atoms with Crippen LogP contribution in [0.25, 0.3) is 0 Å². The number of anilines is 1. The van der Waals surface area contributed by atoms with Crippen LogP contribution >= 0.6 is 11.3 Å². The summed E-state index contributed by atoms with van der Waals surface area (Å²) in [6, 6.07) is 0. The zero-order valence-electron chi connectivity index (χ0n) is 9.64. The third kappa shape index (κ3) is 2.09. The fraction of sp³-hybridized carbons (Fsp3) is 0.200. The lowest BCUT2D eigenvalue weighted by Crippen LogP contribution is -2.13. The Kier molecular flexibility index (Phi) is 3.11. The van der Waals surface area contributed by atoms with Crippen molar-refractivity contribution < 1.29 is 14.7 Å². The minimum Gasteiger partial charge on any atom is -0.477 e. The highest BCUT2D eigenvalue weighted by Gasteiger charge is 2.22. The maximum absolute atomic E-state index is 12.0. The summed E-state index contributed by atoms with van der Waals surface area (Å²) in [5.74, 6) is -1.49. The molecule has 0 bridgehead atoms. The van der Waals surface area contributed by atoms with Crippen molar-refractivity contribution in [3.63, 3.8) is 0 Å². The van der Waals surface area contributed by atoms with E-state index in [1.165, 1.54) is 16.8 Å². The van der Waals surface area contributed by atoms with Crippen LogP contribution < -0.4 is 5.32 Å². The molecule has 0 aliphatic heterocycles. The molecule has 94 valence electrons. The van der Waals surface area contributed by atoms with E-state index in [0.29, 0.717) is 22.0 Å². The second-order valence-corrected chi connectivity index (χ2v) is 4.46. The Morgan fingerprint density at radius 3 is 2.67 bits per heavy atom. The van der Waals surface area contributed by atoms with Gasteiger partial charge in [-0.05, 0) is 19.4 Å². The highest BCUT2D eigenvalue weighted by molar-refractivity contribution is 7.13. The number of aromatic nitrogens is 3. The summed E-state index contributed by atoms with van der Waals surface area (Å²) >= 11 is 1.19. The Labute approximate surface area is 106 Å². The number of carboxylic acid groups (broad SMARTS) is 1. The molecule has 8 heteroatoms. The zero-order valence-corrected chi connectivity index (χ0v) is 10.5. The topological polar surface area (TPSA) is 108 Å². The van der Waals surface area contributed by atoms with Gasteiger partial charge in [0.05, 0.1) is 5.56 Å². The molecule has 0 aliphatic carbocycles. The SMILES string of the molecule is Cc1[nH]c(C(=O)O)c(C)c1C(=O)Nc1nncs1. The molecule has 7 nitrogen and oxygen atoms in total. The van der Waals surface area contributed by atoms with Crippen molar-refractivity contribution in [3.8, 4) is 0 Å². The number of amides is 1. The first kappa shape index (κ1) is 12.2. The first-order valence-corrected chi connectivity index (χ1v) is 5.88. The highest BCUT2D eigenvalue weighted by Crippen LogP contribution is 2.20. The van der Waals surface area contributed by atoms with Crippen LogP contribution in [0.3, 0.4) is 0 Å². The smallest absolute Gasteiger partial charge is 0.352 e. The minimum absolute atomic E-state index is 0.0231. The molecule has 0 spiro atoms. The van der Waals surface area contributed by atoms with Gasteiger partial charge >= 0.3 is 5.97 Å². The van der Waals surface area contributed by atoms with Crippen molar-refractivity contribution in [2.24, 2.45) is 0 Å². The lowest BCUT2D eigenvalue weighted by molar-refractivity contribution is 0.0690. The number of nitrogens with one attached hydrogen (secondary N) is 2.